The van der Waals surface area contributed by atoms with Crippen molar-refractivity contribution in [3.63, 3.8) is 0 Å². The highest BCUT2D eigenvalue weighted by atomic mass is 19.1. The maximum atomic E-state index is 12.8. The van der Waals surface area contributed by atoms with Gasteiger partial charge in [0, 0.05) is 6.42 Å². The van der Waals surface area contributed by atoms with Crippen molar-refractivity contribution < 1.29 is 14.0 Å². The van der Waals surface area contributed by atoms with Crippen LogP contribution in [0.1, 0.15) is 22.3 Å². The van der Waals surface area contributed by atoms with Gasteiger partial charge in [-0.1, -0.05) is 18.2 Å². The zero-order valence-corrected chi connectivity index (χ0v) is 7.44. The lowest BCUT2D eigenvalue weighted by molar-refractivity contribution is -0.107. The molecule has 0 saturated heterocycles. The van der Waals surface area contributed by atoms with E-state index >= 15 is 0 Å². The molecule has 1 rings (SSSR count). The molecule has 0 unspecified atom stereocenters. The molecular formula is C11H9FO2. The van der Waals surface area contributed by atoms with Crippen molar-refractivity contribution in [3.8, 4) is 0 Å². The Morgan fingerprint density at radius 1 is 1.29 bits per heavy atom. The second-order valence-corrected chi connectivity index (χ2v) is 2.70. The molecule has 0 aliphatic heterocycles. The third-order valence-electron chi connectivity index (χ3n) is 1.69. The van der Waals surface area contributed by atoms with Crippen molar-refractivity contribution in [2.75, 3.05) is 0 Å². The predicted octanol–water partition coefficient (Wildman–Crippen LogP) is 2.24. The zero-order chi connectivity index (χ0) is 10.4. The van der Waals surface area contributed by atoms with E-state index in [4.69, 9.17) is 0 Å². The van der Waals surface area contributed by atoms with Crippen LogP contribution in [0.15, 0.2) is 24.3 Å². The van der Waals surface area contributed by atoms with Gasteiger partial charge in [-0.15, -0.1) is 0 Å². The fourth-order valence-electron chi connectivity index (χ4n) is 1.02. The van der Waals surface area contributed by atoms with Crippen LogP contribution in [0.2, 0.25) is 0 Å². The molecule has 1 aromatic carbocycles. The summed E-state index contributed by atoms with van der Waals surface area (Å²) in [6.45, 7) is 0. The quantitative estimate of drug-likeness (QED) is 0.685. The topological polar surface area (TPSA) is 34.1 Å². The third kappa shape index (κ3) is 2.62. The molecule has 1 aromatic rings. The SMILES string of the molecule is O=CCC=Cc1ccc(F)c(C=O)c1. The van der Waals surface area contributed by atoms with Crippen molar-refractivity contribution in [2.45, 2.75) is 6.42 Å². The van der Waals surface area contributed by atoms with Crippen molar-refractivity contribution in [3.05, 3.63) is 41.2 Å². The van der Waals surface area contributed by atoms with Crippen LogP contribution in [0.3, 0.4) is 0 Å². The first-order valence-electron chi connectivity index (χ1n) is 4.13. The summed E-state index contributed by atoms with van der Waals surface area (Å²) in [5, 5.41) is 0. The predicted molar refractivity (Wildman–Crippen MR) is 51.5 cm³/mol. The highest BCUT2D eigenvalue weighted by Gasteiger charge is 1.99. The maximum Gasteiger partial charge on any atom is 0.153 e. The average molecular weight is 192 g/mol. The summed E-state index contributed by atoms with van der Waals surface area (Å²) in [4.78, 5) is 20.4. The van der Waals surface area contributed by atoms with E-state index in [0.29, 0.717) is 18.3 Å². The van der Waals surface area contributed by atoms with E-state index < -0.39 is 5.82 Å². The van der Waals surface area contributed by atoms with Gasteiger partial charge >= 0.3 is 0 Å². The number of allylic oxidation sites excluding steroid dienone is 1. The van der Waals surface area contributed by atoms with E-state index in [1.54, 1.807) is 18.2 Å². The van der Waals surface area contributed by atoms with Crippen molar-refractivity contribution in [1.82, 2.24) is 0 Å². The minimum atomic E-state index is -0.535. The van der Waals surface area contributed by atoms with Crippen LogP contribution in [0.4, 0.5) is 4.39 Å². The Labute approximate surface area is 81.1 Å². The Morgan fingerprint density at radius 3 is 2.71 bits per heavy atom. The van der Waals surface area contributed by atoms with Gasteiger partial charge < -0.3 is 4.79 Å². The molecule has 14 heavy (non-hydrogen) atoms. The van der Waals surface area contributed by atoms with Crippen molar-refractivity contribution in [2.24, 2.45) is 0 Å². The summed E-state index contributed by atoms with van der Waals surface area (Å²) in [5.41, 5.74) is 0.730. The van der Waals surface area contributed by atoms with E-state index in [2.05, 4.69) is 0 Å². The average Bonchev–Trinajstić information content (AvgIpc) is 2.21. The zero-order valence-electron chi connectivity index (χ0n) is 7.44. The van der Waals surface area contributed by atoms with E-state index in [0.717, 1.165) is 6.29 Å². The van der Waals surface area contributed by atoms with E-state index in [-0.39, 0.29) is 5.56 Å². The Bertz CT molecular complexity index is 370. The molecule has 2 nitrogen and oxygen atoms in total. The first-order chi connectivity index (χ1) is 6.77. The monoisotopic (exact) mass is 192 g/mol. The molecule has 72 valence electrons. The van der Waals surface area contributed by atoms with E-state index in [1.165, 1.54) is 12.1 Å². The number of aldehydes is 2. The smallest absolute Gasteiger partial charge is 0.153 e. The number of benzene rings is 1. The largest absolute Gasteiger partial charge is 0.303 e. The first-order valence-corrected chi connectivity index (χ1v) is 4.13. The van der Waals surface area contributed by atoms with E-state index in [9.17, 15) is 14.0 Å². The molecule has 0 heterocycles. The van der Waals surface area contributed by atoms with Crippen molar-refractivity contribution in [1.29, 1.82) is 0 Å². The third-order valence-corrected chi connectivity index (χ3v) is 1.69. The highest BCUT2D eigenvalue weighted by molar-refractivity contribution is 5.76. The number of hydrogen-bond acceptors (Lipinski definition) is 2. The minimum absolute atomic E-state index is 0.0262. The molecule has 0 atom stereocenters. The summed E-state index contributed by atoms with van der Waals surface area (Å²) in [5.74, 6) is -0.535. The van der Waals surface area contributed by atoms with Crippen LogP contribution in [0.5, 0.6) is 0 Å². The van der Waals surface area contributed by atoms with Gasteiger partial charge in [-0.3, -0.25) is 4.79 Å². The fraction of sp³-hybridized carbons (Fsp3) is 0.0909. The second-order valence-electron chi connectivity index (χ2n) is 2.70. The van der Waals surface area contributed by atoms with Gasteiger partial charge in [0.2, 0.25) is 0 Å². The minimum Gasteiger partial charge on any atom is -0.303 e. The number of carbonyl (C=O) groups is 2. The van der Waals surface area contributed by atoms with E-state index in [1.807, 2.05) is 0 Å². The summed E-state index contributed by atoms with van der Waals surface area (Å²) >= 11 is 0. The lowest BCUT2D eigenvalue weighted by Crippen LogP contribution is -1.87. The molecule has 0 radical (unpaired) electrons. The molecule has 0 amide bonds. The van der Waals surface area contributed by atoms with Gasteiger partial charge in [0.25, 0.3) is 0 Å². The highest BCUT2D eigenvalue weighted by Crippen LogP contribution is 2.10. The molecule has 0 fully saturated rings. The Kier molecular flexibility index (Phi) is 3.73. The summed E-state index contributed by atoms with van der Waals surface area (Å²) in [6.07, 6.45) is 4.86. The Morgan fingerprint density at radius 2 is 2.07 bits per heavy atom. The molecule has 3 heteroatoms. The molecule has 0 spiro atoms. The van der Waals surface area contributed by atoms with Crippen LogP contribution < -0.4 is 0 Å². The molecule has 0 bridgehead atoms. The van der Waals surface area contributed by atoms with Gasteiger partial charge in [0.1, 0.15) is 12.1 Å². The van der Waals surface area contributed by atoms with Gasteiger partial charge in [-0.05, 0) is 17.7 Å². The number of hydrogen-bond donors (Lipinski definition) is 0. The van der Waals surface area contributed by atoms with Gasteiger partial charge in [0.15, 0.2) is 6.29 Å². The van der Waals surface area contributed by atoms with Crippen LogP contribution in [-0.4, -0.2) is 12.6 Å². The molecule has 0 aliphatic carbocycles. The molecule has 0 aromatic heterocycles. The fourth-order valence-corrected chi connectivity index (χ4v) is 1.02. The normalized spacial score (nSPS) is 10.4. The van der Waals surface area contributed by atoms with Crippen LogP contribution in [0.25, 0.3) is 6.08 Å². The molecule has 0 saturated carbocycles. The lowest BCUT2D eigenvalue weighted by atomic mass is 10.1. The Hall–Kier alpha value is -1.77. The standard InChI is InChI=1S/C11H9FO2/c12-11-5-4-9(3-1-2-6-13)7-10(11)8-14/h1,3-8H,2H2. The van der Waals surface area contributed by atoms with Crippen LogP contribution in [0, 0.1) is 5.82 Å². The summed E-state index contributed by atoms with van der Waals surface area (Å²) in [7, 11) is 0. The lowest BCUT2D eigenvalue weighted by Gasteiger charge is -1.96. The molecule has 0 N–H and O–H groups in total. The Balaban J connectivity index is 2.89. The summed E-state index contributed by atoms with van der Waals surface area (Å²) in [6, 6.07) is 4.21. The van der Waals surface area contributed by atoms with Crippen LogP contribution in [-0.2, 0) is 4.79 Å². The second kappa shape index (κ2) is 5.07. The molecular weight excluding hydrogens is 183 g/mol. The van der Waals surface area contributed by atoms with Gasteiger partial charge in [-0.2, -0.15) is 0 Å². The first kappa shape index (κ1) is 10.3. The van der Waals surface area contributed by atoms with Crippen LogP contribution >= 0.6 is 0 Å². The van der Waals surface area contributed by atoms with Crippen molar-refractivity contribution >= 4 is 18.6 Å². The number of halogens is 1. The van der Waals surface area contributed by atoms with Gasteiger partial charge in [-0.25, -0.2) is 4.39 Å². The molecule has 0 aliphatic rings. The summed E-state index contributed by atoms with van der Waals surface area (Å²) < 4.78 is 12.8. The number of carbonyl (C=O) groups excluding carboxylic acids is 2. The van der Waals surface area contributed by atoms with Gasteiger partial charge in [0.05, 0.1) is 5.56 Å². The maximum absolute atomic E-state index is 12.8. The number of rotatable bonds is 4.